The van der Waals surface area contributed by atoms with Crippen molar-refractivity contribution in [2.24, 2.45) is 5.92 Å². The Kier molecular flexibility index (Phi) is 5.48. The van der Waals surface area contributed by atoms with E-state index in [1.807, 2.05) is 30.3 Å². The monoisotopic (exact) mass is 333 g/mol. The fraction of sp³-hybridized carbons (Fsp3) is 0.579. The highest BCUT2D eigenvalue weighted by Crippen LogP contribution is 2.29. The molecule has 0 N–H and O–H groups in total. The SMILES string of the molecule is O=C1OC[C@@H](Cc2ccccc2)N1C(=O)[C@H](F)CC1CCCCC1. The zero-order valence-electron chi connectivity index (χ0n) is 13.8. The number of hydrogen-bond acceptors (Lipinski definition) is 3. The number of carbonyl (C=O) groups is 2. The van der Waals surface area contributed by atoms with Crippen molar-refractivity contribution in [3.63, 3.8) is 0 Å². The lowest BCUT2D eigenvalue weighted by atomic mass is 9.85. The first-order chi connectivity index (χ1) is 11.6. The molecule has 1 heterocycles. The summed E-state index contributed by atoms with van der Waals surface area (Å²) in [5, 5.41) is 0. The molecule has 1 aromatic carbocycles. The molecule has 130 valence electrons. The van der Waals surface area contributed by atoms with Gasteiger partial charge in [-0.25, -0.2) is 14.1 Å². The Labute approximate surface area is 142 Å². The highest BCUT2D eigenvalue weighted by molar-refractivity contribution is 5.95. The number of rotatable bonds is 5. The van der Waals surface area contributed by atoms with Gasteiger partial charge in [-0.2, -0.15) is 0 Å². The fourth-order valence-electron chi connectivity index (χ4n) is 3.73. The molecule has 0 radical (unpaired) electrons. The largest absolute Gasteiger partial charge is 0.447 e. The van der Waals surface area contributed by atoms with Crippen molar-refractivity contribution >= 4 is 12.0 Å². The quantitative estimate of drug-likeness (QED) is 0.821. The minimum atomic E-state index is -1.61. The van der Waals surface area contributed by atoms with Gasteiger partial charge in [-0.3, -0.25) is 4.79 Å². The van der Waals surface area contributed by atoms with Crippen LogP contribution in [0.5, 0.6) is 0 Å². The Bertz CT molecular complexity index is 571. The lowest BCUT2D eigenvalue weighted by Crippen LogP contribution is -2.44. The summed E-state index contributed by atoms with van der Waals surface area (Å²) in [6, 6.07) is 9.16. The first-order valence-corrected chi connectivity index (χ1v) is 8.83. The number of cyclic esters (lactones) is 1. The molecule has 2 amide bonds. The average Bonchev–Trinajstić information content (AvgIpc) is 2.96. The van der Waals surface area contributed by atoms with Crippen LogP contribution >= 0.6 is 0 Å². The van der Waals surface area contributed by atoms with Gasteiger partial charge in [-0.05, 0) is 24.3 Å². The number of alkyl halides is 1. The van der Waals surface area contributed by atoms with E-state index in [4.69, 9.17) is 4.74 Å². The summed E-state index contributed by atoms with van der Waals surface area (Å²) in [4.78, 5) is 25.4. The molecule has 2 aliphatic rings. The third-order valence-corrected chi connectivity index (χ3v) is 5.05. The van der Waals surface area contributed by atoms with Crippen LogP contribution in [0, 0.1) is 5.92 Å². The van der Waals surface area contributed by atoms with Crippen LogP contribution in [0.15, 0.2) is 30.3 Å². The van der Waals surface area contributed by atoms with E-state index in [1.165, 1.54) is 6.42 Å². The van der Waals surface area contributed by atoms with E-state index in [0.717, 1.165) is 36.1 Å². The minimum Gasteiger partial charge on any atom is -0.447 e. The first-order valence-electron chi connectivity index (χ1n) is 8.83. The summed E-state index contributed by atoms with van der Waals surface area (Å²) in [6.45, 7) is 0.135. The normalized spacial score (nSPS) is 23.1. The number of ether oxygens (including phenoxy) is 1. The smallest absolute Gasteiger partial charge is 0.417 e. The molecule has 0 unspecified atom stereocenters. The maximum Gasteiger partial charge on any atom is 0.417 e. The third-order valence-electron chi connectivity index (χ3n) is 5.05. The van der Waals surface area contributed by atoms with Crippen molar-refractivity contribution in [3.05, 3.63) is 35.9 Å². The maximum atomic E-state index is 14.5. The number of benzene rings is 1. The van der Waals surface area contributed by atoms with Crippen LogP contribution in [0.4, 0.5) is 9.18 Å². The zero-order valence-corrected chi connectivity index (χ0v) is 13.8. The van der Waals surface area contributed by atoms with Crippen molar-refractivity contribution < 1.29 is 18.7 Å². The number of imide groups is 1. The molecule has 1 saturated heterocycles. The lowest BCUT2D eigenvalue weighted by molar-refractivity contribution is -0.135. The predicted molar refractivity (Wildman–Crippen MR) is 88.2 cm³/mol. The number of amides is 2. The molecule has 4 nitrogen and oxygen atoms in total. The standard InChI is InChI=1S/C19H24FNO3/c20-17(12-15-9-5-2-6-10-15)18(22)21-16(13-24-19(21)23)11-14-7-3-1-4-8-14/h1,3-4,7-8,15-17H,2,5-6,9-13H2/t16-,17-/m1/s1. The van der Waals surface area contributed by atoms with Gasteiger partial charge in [0.2, 0.25) is 0 Å². The molecular weight excluding hydrogens is 309 g/mol. The van der Waals surface area contributed by atoms with Crippen LogP contribution in [0.25, 0.3) is 0 Å². The van der Waals surface area contributed by atoms with Gasteiger partial charge >= 0.3 is 6.09 Å². The van der Waals surface area contributed by atoms with Crippen molar-refractivity contribution in [2.45, 2.75) is 57.2 Å². The van der Waals surface area contributed by atoms with E-state index in [9.17, 15) is 14.0 Å². The Morgan fingerprint density at radius 1 is 1.21 bits per heavy atom. The molecule has 2 atom stereocenters. The topological polar surface area (TPSA) is 46.6 Å². The van der Waals surface area contributed by atoms with Crippen LogP contribution < -0.4 is 0 Å². The lowest BCUT2D eigenvalue weighted by Gasteiger charge is -2.25. The summed E-state index contributed by atoms with van der Waals surface area (Å²) in [5.41, 5.74) is 1.00. The Morgan fingerprint density at radius 3 is 2.62 bits per heavy atom. The molecule has 1 aliphatic carbocycles. The maximum absolute atomic E-state index is 14.5. The van der Waals surface area contributed by atoms with Crippen LogP contribution in [-0.4, -0.2) is 35.7 Å². The number of hydrogen-bond donors (Lipinski definition) is 0. The molecule has 1 saturated carbocycles. The molecule has 0 aromatic heterocycles. The second-order valence-corrected chi connectivity index (χ2v) is 6.84. The number of halogens is 1. The molecule has 1 aromatic rings. The van der Waals surface area contributed by atoms with Gasteiger partial charge in [-0.1, -0.05) is 62.4 Å². The molecule has 24 heavy (non-hydrogen) atoms. The zero-order chi connectivity index (χ0) is 16.9. The van der Waals surface area contributed by atoms with E-state index in [-0.39, 0.29) is 18.9 Å². The molecule has 0 spiro atoms. The first kappa shape index (κ1) is 16.9. The van der Waals surface area contributed by atoms with E-state index < -0.39 is 24.2 Å². The van der Waals surface area contributed by atoms with Gasteiger partial charge in [-0.15, -0.1) is 0 Å². The van der Waals surface area contributed by atoms with Gasteiger partial charge in [0, 0.05) is 0 Å². The van der Waals surface area contributed by atoms with Crippen LogP contribution in [0.3, 0.4) is 0 Å². The van der Waals surface area contributed by atoms with E-state index in [0.29, 0.717) is 6.42 Å². The van der Waals surface area contributed by atoms with E-state index in [2.05, 4.69) is 0 Å². The third kappa shape index (κ3) is 3.94. The predicted octanol–water partition coefficient (Wildman–Crippen LogP) is 3.89. The van der Waals surface area contributed by atoms with Crippen molar-refractivity contribution in [1.82, 2.24) is 4.90 Å². The van der Waals surface area contributed by atoms with E-state index in [1.54, 1.807) is 0 Å². The van der Waals surface area contributed by atoms with Gasteiger partial charge in [0.15, 0.2) is 6.17 Å². The second-order valence-electron chi connectivity index (χ2n) is 6.84. The summed E-state index contributed by atoms with van der Waals surface area (Å²) >= 11 is 0. The van der Waals surface area contributed by atoms with E-state index >= 15 is 0 Å². The van der Waals surface area contributed by atoms with Gasteiger partial charge in [0.05, 0.1) is 6.04 Å². The van der Waals surface area contributed by atoms with Gasteiger partial charge in [0.25, 0.3) is 5.91 Å². The molecule has 3 rings (SSSR count). The van der Waals surface area contributed by atoms with Crippen LogP contribution in [-0.2, 0) is 16.0 Å². The summed E-state index contributed by atoms with van der Waals surface area (Å²) in [5.74, 6) is -0.479. The highest BCUT2D eigenvalue weighted by atomic mass is 19.1. The van der Waals surface area contributed by atoms with Gasteiger partial charge in [0.1, 0.15) is 6.61 Å². The molecule has 5 heteroatoms. The van der Waals surface area contributed by atoms with Crippen LogP contribution in [0.1, 0.15) is 44.1 Å². The van der Waals surface area contributed by atoms with Crippen LogP contribution in [0.2, 0.25) is 0 Å². The summed E-state index contributed by atoms with van der Waals surface area (Å²) in [7, 11) is 0. The van der Waals surface area contributed by atoms with Crippen molar-refractivity contribution in [1.29, 1.82) is 0 Å². The second kappa shape index (κ2) is 7.77. The minimum absolute atomic E-state index is 0.135. The number of carbonyl (C=O) groups excluding carboxylic acids is 2. The van der Waals surface area contributed by atoms with Gasteiger partial charge < -0.3 is 4.74 Å². The Balaban J connectivity index is 1.63. The molecule has 2 fully saturated rings. The number of nitrogens with zero attached hydrogens (tertiary/aromatic N) is 1. The molecule has 0 bridgehead atoms. The average molecular weight is 333 g/mol. The Hall–Kier alpha value is -1.91. The fourth-order valence-corrected chi connectivity index (χ4v) is 3.73. The summed E-state index contributed by atoms with van der Waals surface area (Å²) < 4.78 is 19.5. The van der Waals surface area contributed by atoms with Crippen molar-refractivity contribution in [2.75, 3.05) is 6.61 Å². The summed E-state index contributed by atoms with van der Waals surface area (Å²) in [6.07, 6.45) is 3.75. The highest BCUT2D eigenvalue weighted by Gasteiger charge is 2.41. The Morgan fingerprint density at radius 2 is 1.92 bits per heavy atom. The molecule has 1 aliphatic heterocycles. The molecular formula is C19H24FNO3. The van der Waals surface area contributed by atoms with Crippen molar-refractivity contribution in [3.8, 4) is 0 Å².